The molecule has 0 aromatic heterocycles. The molecule has 10 heteroatoms. The average molecular weight is 388 g/mol. The molecule has 0 aromatic carbocycles. The lowest BCUT2D eigenvalue weighted by molar-refractivity contribution is -0.125. The maximum absolute atomic E-state index is 12.1. The number of rotatable bonds is 8. The van der Waals surface area contributed by atoms with Crippen LogP contribution >= 0.6 is 0 Å². The standard InChI is InChI=1S/C17H32N4O6/c1-11(2)20-17(25)19-10-13-16(24)15(23)12(27-13)9-14(22)18-3-4-21-5-7-26-8-6-21/h11-13,15-16,23-24H,3-10H2,1-2H3,(H,18,22)(H2,19,20,25). The molecule has 0 saturated carbocycles. The number of carbonyl (C=O) groups excluding carboxylic acids is 2. The molecule has 156 valence electrons. The van der Waals surface area contributed by atoms with Gasteiger partial charge in [-0.15, -0.1) is 0 Å². The highest BCUT2D eigenvalue weighted by Gasteiger charge is 2.43. The van der Waals surface area contributed by atoms with E-state index in [9.17, 15) is 19.8 Å². The molecule has 0 aromatic rings. The highest BCUT2D eigenvalue weighted by atomic mass is 16.5. The van der Waals surface area contributed by atoms with Crippen molar-refractivity contribution in [3.8, 4) is 0 Å². The molecule has 4 atom stereocenters. The van der Waals surface area contributed by atoms with Gasteiger partial charge in [0.1, 0.15) is 18.3 Å². The zero-order valence-electron chi connectivity index (χ0n) is 16.0. The number of aliphatic hydroxyl groups excluding tert-OH is 2. The van der Waals surface area contributed by atoms with Crippen LogP contribution < -0.4 is 16.0 Å². The Morgan fingerprint density at radius 2 is 1.78 bits per heavy atom. The first-order valence-electron chi connectivity index (χ1n) is 9.49. The molecule has 0 spiro atoms. The van der Waals surface area contributed by atoms with E-state index in [1.165, 1.54) is 0 Å². The summed E-state index contributed by atoms with van der Waals surface area (Å²) in [6.45, 7) is 8.07. The molecule has 2 aliphatic heterocycles. The lowest BCUT2D eigenvalue weighted by Gasteiger charge is -2.26. The van der Waals surface area contributed by atoms with Crippen molar-refractivity contribution in [3.63, 3.8) is 0 Å². The van der Waals surface area contributed by atoms with Gasteiger partial charge in [-0.05, 0) is 13.8 Å². The van der Waals surface area contributed by atoms with Crippen molar-refractivity contribution in [3.05, 3.63) is 0 Å². The van der Waals surface area contributed by atoms with E-state index in [2.05, 4.69) is 20.9 Å². The largest absolute Gasteiger partial charge is 0.388 e. The van der Waals surface area contributed by atoms with E-state index in [1.54, 1.807) is 0 Å². The molecule has 2 fully saturated rings. The summed E-state index contributed by atoms with van der Waals surface area (Å²) in [6.07, 6.45) is -3.94. The van der Waals surface area contributed by atoms with Gasteiger partial charge in [-0.1, -0.05) is 0 Å². The minimum atomic E-state index is -1.17. The van der Waals surface area contributed by atoms with Crippen molar-refractivity contribution >= 4 is 11.9 Å². The van der Waals surface area contributed by atoms with E-state index in [4.69, 9.17) is 9.47 Å². The SMILES string of the molecule is CC(C)NC(=O)NCC1OC(CC(=O)NCCN2CCOCC2)C(O)C1O. The second-order valence-corrected chi connectivity index (χ2v) is 7.21. The molecule has 0 radical (unpaired) electrons. The molecule has 0 bridgehead atoms. The molecule has 2 rings (SSSR count). The molecule has 10 nitrogen and oxygen atoms in total. The normalized spacial score (nSPS) is 28.9. The zero-order chi connectivity index (χ0) is 19.8. The van der Waals surface area contributed by atoms with Crippen molar-refractivity contribution < 1.29 is 29.3 Å². The van der Waals surface area contributed by atoms with E-state index in [1.807, 2.05) is 13.8 Å². The maximum Gasteiger partial charge on any atom is 0.315 e. The fourth-order valence-corrected chi connectivity index (χ4v) is 3.10. The molecule has 5 N–H and O–H groups in total. The monoisotopic (exact) mass is 388 g/mol. The number of morpholine rings is 1. The predicted molar refractivity (Wildman–Crippen MR) is 97.2 cm³/mol. The quantitative estimate of drug-likeness (QED) is 0.326. The molecule has 27 heavy (non-hydrogen) atoms. The van der Waals surface area contributed by atoms with Crippen LogP contribution in [0.5, 0.6) is 0 Å². The van der Waals surface area contributed by atoms with Gasteiger partial charge in [-0.2, -0.15) is 0 Å². The number of amides is 3. The first-order valence-corrected chi connectivity index (χ1v) is 9.49. The minimum Gasteiger partial charge on any atom is -0.388 e. The summed E-state index contributed by atoms with van der Waals surface area (Å²) in [5, 5.41) is 28.3. The van der Waals surface area contributed by atoms with Gasteiger partial charge >= 0.3 is 6.03 Å². The van der Waals surface area contributed by atoms with E-state index in [-0.39, 0.29) is 30.9 Å². The van der Waals surface area contributed by atoms with Crippen LogP contribution in [0.1, 0.15) is 20.3 Å². The van der Waals surface area contributed by atoms with Crippen molar-refractivity contribution in [2.75, 3.05) is 45.9 Å². The Morgan fingerprint density at radius 1 is 1.11 bits per heavy atom. The van der Waals surface area contributed by atoms with Crippen molar-refractivity contribution in [2.45, 2.75) is 50.7 Å². The van der Waals surface area contributed by atoms with Gasteiger partial charge in [0.05, 0.1) is 25.7 Å². The number of ether oxygens (including phenoxy) is 2. The van der Waals surface area contributed by atoms with Crippen LogP contribution in [0.3, 0.4) is 0 Å². The molecule has 2 heterocycles. The van der Waals surface area contributed by atoms with E-state index in [0.29, 0.717) is 19.8 Å². The zero-order valence-corrected chi connectivity index (χ0v) is 16.0. The number of carbonyl (C=O) groups is 2. The summed E-state index contributed by atoms with van der Waals surface area (Å²) in [5.41, 5.74) is 0. The highest BCUT2D eigenvalue weighted by molar-refractivity contribution is 5.76. The maximum atomic E-state index is 12.1. The Hall–Kier alpha value is -1.46. The summed E-state index contributed by atoms with van der Waals surface area (Å²) in [5.74, 6) is -0.245. The van der Waals surface area contributed by atoms with Gasteiger partial charge in [0.25, 0.3) is 0 Å². The lowest BCUT2D eigenvalue weighted by atomic mass is 10.1. The number of aliphatic hydroxyl groups is 2. The van der Waals surface area contributed by atoms with Crippen LogP contribution in [0.4, 0.5) is 4.79 Å². The first kappa shape index (κ1) is 21.8. The van der Waals surface area contributed by atoms with Crippen molar-refractivity contribution in [2.24, 2.45) is 0 Å². The average Bonchev–Trinajstić information content (AvgIpc) is 2.88. The van der Waals surface area contributed by atoms with Crippen LogP contribution in [0, 0.1) is 0 Å². The van der Waals surface area contributed by atoms with Crippen molar-refractivity contribution in [1.29, 1.82) is 0 Å². The molecule has 0 aliphatic carbocycles. The summed E-state index contributed by atoms with van der Waals surface area (Å²) >= 11 is 0. The van der Waals surface area contributed by atoms with Crippen LogP contribution in [-0.2, 0) is 14.3 Å². The van der Waals surface area contributed by atoms with Gasteiger partial charge in [0, 0.05) is 38.8 Å². The van der Waals surface area contributed by atoms with Gasteiger partial charge < -0.3 is 35.6 Å². The molecular weight excluding hydrogens is 356 g/mol. The van der Waals surface area contributed by atoms with Gasteiger partial charge in [0.2, 0.25) is 5.91 Å². The highest BCUT2D eigenvalue weighted by Crippen LogP contribution is 2.23. The number of hydrogen-bond acceptors (Lipinski definition) is 7. The summed E-state index contributed by atoms with van der Waals surface area (Å²) in [4.78, 5) is 25.9. The van der Waals surface area contributed by atoms with Crippen LogP contribution in [-0.4, -0.2) is 103 Å². The van der Waals surface area contributed by atoms with Gasteiger partial charge in [0.15, 0.2) is 0 Å². The van der Waals surface area contributed by atoms with Crippen LogP contribution in [0.15, 0.2) is 0 Å². The fraction of sp³-hybridized carbons (Fsp3) is 0.882. The van der Waals surface area contributed by atoms with Gasteiger partial charge in [-0.25, -0.2) is 4.79 Å². The predicted octanol–water partition coefficient (Wildman–Crippen LogP) is -1.98. The summed E-state index contributed by atoms with van der Waals surface area (Å²) in [6, 6.07) is -0.390. The summed E-state index contributed by atoms with van der Waals surface area (Å²) in [7, 11) is 0. The van der Waals surface area contributed by atoms with E-state index in [0.717, 1.165) is 19.6 Å². The van der Waals surface area contributed by atoms with Crippen LogP contribution in [0.2, 0.25) is 0 Å². The smallest absolute Gasteiger partial charge is 0.315 e. The second kappa shape index (κ2) is 10.8. The Morgan fingerprint density at radius 3 is 2.44 bits per heavy atom. The third kappa shape index (κ3) is 7.23. The Bertz CT molecular complexity index is 486. The van der Waals surface area contributed by atoms with E-state index >= 15 is 0 Å². The first-order chi connectivity index (χ1) is 12.9. The third-order valence-corrected chi connectivity index (χ3v) is 4.59. The third-order valence-electron chi connectivity index (χ3n) is 4.59. The number of nitrogens with zero attached hydrogens (tertiary/aromatic N) is 1. The molecule has 3 amide bonds. The number of urea groups is 1. The van der Waals surface area contributed by atoms with Crippen LogP contribution in [0.25, 0.3) is 0 Å². The molecule has 4 unspecified atom stereocenters. The minimum absolute atomic E-state index is 0.0149. The second-order valence-electron chi connectivity index (χ2n) is 7.21. The Balaban J connectivity index is 1.67. The topological polar surface area (TPSA) is 132 Å². The fourth-order valence-electron chi connectivity index (χ4n) is 3.10. The van der Waals surface area contributed by atoms with E-state index < -0.39 is 24.4 Å². The Kier molecular flexibility index (Phi) is 8.71. The number of hydrogen-bond donors (Lipinski definition) is 5. The number of nitrogens with one attached hydrogen (secondary N) is 3. The van der Waals surface area contributed by atoms with Gasteiger partial charge in [-0.3, -0.25) is 9.69 Å². The summed E-state index contributed by atoms with van der Waals surface area (Å²) < 4.78 is 10.9. The molecule has 2 aliphatic rings. The van der Waals surface area contributed by atoms with Crippen molar-refractivity contribution in [1.82, 2.24) is 20.9 Å². The molecular formula is C17H32N4O6. The Labute approximate surface area is 159 Å². The molecule has 2 saturated heterocycles. The lowest BCUT2D eigenvalue weighted by Crippen LogP contribution is -2.45.